The van der Waals surface area contributed by atoms with Crippen LogP contribution in [0.4, 0.5) is 10.2 Å². The van der Waals surface area contributed by atoms with E-state index in [1.165, 1.54) is 17.7 Å². The number of aryl methyl sites for hydroxylation is 2. The van der Waals surface area contributed by atoms with Gasteiger partial charge < -0.3 is 5.73 Å². The molecule has 2 aromatic carbocycles. The quantitative estimate of drug-likeness (QED) is 0.743. The summed E-state index contributed by atoms with van der Waals surface area (Å²) in [6, 6.07) is 12.7. The van der Waals surface area contributed by atoms with Crippen molar-refractivity contribution >= 4 is 5.82 Å². The molecule has 0 radical (unpaired) electrons. The van der Waals surface area contributed by atoms with Crippen molar-refractivity contribution in [1.29, 1.82) is 0 Å². The molecule has 0 aliphatic rings. The molecule has 0 amide bonds. The fraction of sp³-hybridized carbons (Fsp3) is 0.118. The van der Waals surface area contributed by atoms with E-state index in [0.717, 1.165) is 27.9 Å². The lowest BCUT2D eigenvalue weighted by molar-refractivity contribution is 0.628. The van der Waals surface area contributed by atoms with Crippen molar-refractivity contribution in [1.82, 2.24) is 10.2 Å². The lowest BCUT2D eigenvalue weighted by Crippen LogP contribution is -1.91. The summed E-state index contributed by atoms with van der Waals surface area (Å²) in [5, 5.41) is 7.02. The van der Waals surface area contributed by atoms with Gasteiger partial charge in [-0.1, -0.05) is 35.9 Å². The summed E-state index contributed by atoms with van der Waals surface area (Å²) in [5.41, 5.74) is 11.4. The van der Waals surface area contributed by atoms with Crippen molar-refractivity contribution < 1.29 is 4.39 Å². The molecular weight excluding hydrogens is 265 g/mol. The molecule has 3 aromatic rings. The molecule has 0 atom stereocenters. The average molecular weight is 281 g/mol. The number of hydrogen-bond donors (Lipinski definition) is 2. The number of H-pyrrole nitrogens is 1. The Morgan fingerprint density at radius 1 is 1.05 bits per heavy atom. The molecule has 0 aliphatic carbocycles. The van der Waals surface area contributed by atoms with E-state index in [-0.39, 0.29) is 5.82 Å². The Morgan fingerprint density at radius 2 is 1.76 bits per heavy atom. The van der Waals surface area contributed by atoms with Gasteiger partial charge in [0.2, 0.25) is 0 Å². The number of hydrogen-bond acceptors (Lipinski definition) is 2. The van der Waals surface area contributed by atoms with Crippen LogP contribution < -0.4 is 5.73 Å². The topological polar surface area (TPSA) is 54.7 Å². The number of aromatic amines is 1. The highest BCUT2D eigenvalue weighted by molar-refractivity contribution is 5.88. The fourth-order valence-corrected chi connectivity index (χ4v) is 2.43. The third kappa shape index (κ3) is 2.40. The largest absolute Gasteiger partial charge is 0.382 e. The molecule has 3 N–H and O–H groups in total. The van der Waals surface area contributed by atoms with E-state index in [0.29, 0.717) is 5.82 Å². The summed E-state index contributed by atoms with van der Waals surface area (Å²) in [5.74, 6) is 0.135. The number of aromatic nitrogens is 2. The number of rotatable bonds is 2. The Morgan fingerprint density at radius 3 is 2.48 bits per heavy atom. The van der Waals surface area contributed by atoms with Gasteiger partial charge >= 0.3 is 0 Å². The molecule has 1 aromatic heterocycles. The monoisotopic (exact) mass is 281 g/mol. The molecule has 0 saturated carbocycles. The first-order chi connectivity index (χ1) is 10.1. The minimum Gasteiger partial charge on any atom is -0.382 e. The Balaban J connectivity index is 2.21. The molecule has 0 bridgehead atoms. The van der Waals surface area contributed by atoms with Gasteiger partial charge in [0.1, 0.15) is 5.82 Å². The van der Waals surface area contributed by atoms with Crippen LogP contribution >= 0.6 is 0 Å². The maximum atomic E-state index is 13.6. The second-order valence-electron chi connectivity index (χ2n) is 5.18. The summed E-state index contributed by atoms with van der Waals surface area (Å²) in [7, 11) is 0. The van der Waals surface area contributed by atoms with Gasteiger partial charge in [-0.2, -0.15) is 5.10 Å². The molecule has 0 saturated heterocycles. The lowest BCUT2D eigenvalue weighted by atomic mass is 9.97. The molecule has 1 heterocycles. The smallest absolute Gasteiger partial charge is 0.153 e. The number of nitrogens with zero attached hydrogens (tertiary/aromatic N) is 1. The fourth-order valence-electron chi connectivity index (χ4n) is 2.43. The zero-order chi connectivity index (χ0) is 15.0. The molecule has 3 nitrogen and oxygen atoms in total. The van der Waals surface area contributed by atoms with Crippen LogP contribution in [0.3, 0.4) is 0 Å². The number of benzene rings is 2. The molecular formula is C17H16FN3. The van der Waals surface area contributed by atoms with Gasteiger partial charge in [-0.05, 0) is 37.1 Å². The number of nitrogens with two attached hydrogens (primary N) is 1. The minimum atomic E-state index is -0.279. The van der Waals surface area contributed by atoms with Crippen molar-refractivity contribution in [2.45, 2.75) is 13.8 Å². The standard InChI is InChI=1S/C17H16FN3/c1-10-3-6-12(7-4-10)15-16(20-21-17(15)19)14-9-13(18)8-5-11(14)2/h3-9H,1-2H3,(H3,19,20,21). The summed E-state index contributed by atoms with van der Waals surface area (Å²) in [6.07, 6.45) is 0. The van der Waals surface area contributed by atoms with E-state index < -0.39 is 0 Å². The number of anilines is 1. The third-order valence-electron chi connectivity index (χ3n) is 3.60. The summed E-state index contributed by atoms with van der Waals surface area (Å²) >= 11 is 0. The first-order valence-electron chi connectivity index (χ1n) is 6.73. The predicted octanol–water partition coefficient (Wildman–Crippen LogP) is 4.08. The van der Waals surface area contributed by atoms with Crippen molar-refractivity contribution in [3.05, 3.63) is 59.4 Å². The van der Waals surface area contributed by atoms with Gasteiger partial charge in [0.05, 0.1) is 11.3 Å². The van der Waals surface area contributed by atoms with Crippen molar-refractivity contribution in [2.24, 2.45) is 0 Å². The van der Waals surface area contributed by atoms with Crippen molar-refractivity contribution in [3.63, 3.8) is 0 Å². The van der Waals surface area contributed by atoms with E-state index in [9.17, 15) is 4.39 Å². The van der Waals surface area contributed by atoms with Gasteiger partial charge in [-0.3, -0.25) is 5.10 Å². The van der Waals surface area contributed by atoms with E-state index >= 15 is 0 Å². The maximum absolute atomic E-state index is 13.6. The zero-order valence-electron chi connectivity index (χ0n) is 11.9. The second kappa shape index (κ2) is 5.05. The van der Waals surface area contributed by atoms with Gasteiger partial charge in [0, 0.05) is 5.56 Å². The predicted molar refractivity (Wildman–Crippen MR) is 83.3 cm³/mol. The van der Waals surface area contributed by atoms with Crippen molar-refractivity contribution in [2.75, 3.05) is 5.73 Å². The highest BCUT2D eigenvalue weighted by Gasteiger charge is 2.16. The van der Waals surface area contributed by atoms with Gasteiger partial charge in [-0.15, -0.1) is 0 Å². The maximum Gasteiger partial charge on any atom is 0.153 e. The van der Waals surface area contributed by atoms with Crippen LogP contribution in [0.1, 0.15) is 11.1 Å². The van der Waals surface area contributed by atoms with Crippen LogP contribution in [0, 0.1) is 19.7 Å². The Hall–Kier alpha value is -2.62. The van der Waals surface area contributed by atoms with Crippen LogP contribution in [-0.4, -0.2) is 10.2 Å². The van der Waals surface area contributed by atoms with Gasteiger partial charge in [0.15, 0.2) is 5.82 Å². The van der Waals surface area contributed by atoms with E-state index in [1.54, 1.807) is 6.07 Å². The minimum absolute atomic E-state index is 0.279. The third-order valence-corrected chi connectivity index (χ3v) is 3.60. The first kappa shape index (κ1) is 13.4. The van der Waals surface area contributed by atoms with Crippen LogP contribution in [0.5, 0.6) is 0 Å². The second-order valence-corrected chi connectivity index (χ2v) is 5.18. The Labute approximate surface area is 122 Å². The summed E-state index contributed by atoms with van der Waals surface area (Å²) < 4.78 is 13.6. The normalized spacial score (nSPS) is 10.8. The molecule has 0 fully saturated rings. The van der Waals surface area contributed by atoms with E-state index in [4.69, 9.17) is 5.73 Å². The molecule has 4 heteroatoms. The van der Waals surface area contributed by atoms with Gasteiger partial charge in [0.25, 0.3) is 0 Å². The molecule has 0 spiro atoms. The summed E-state index contributed by atoms with van der Waals surface area (Å²) in [6.45, 7) is 3.96. The van der Waals surface area contributed by atoms with Crippen LogP contribution in [0.2, 0.25) is 0 Å². The molecule has 0 unspecified atom stereocenters. The zero-order valence-corrected chi connectivity index (χ0v) is 11.9. The first-order valence-corrected chi connectivity index (χ1v) is 6.73. The number of nitrogen functional groups attached to an aromatic ring is 1. The Bertz CT molecular complexity index is 788. The van der Waals surface area contributed by atoms with Gasteiger partial charge in [-0.25, -0.2) is 4.39 Å². The highest BCUT2D eigenvalue weighted by atomic mass is 19.1. The van der Waals surface area contributed by atoms with Crippen LogP contribution in [-0.2, 0) is 0 Å². The van der Waals surface area contributed by atoms with Crippen LogP contribution in [0.25, 0.3) is 22.4 Å². The molecule has 3 rings (SSSR count). The number of halogens is 1. The van der Waals surface area contributed by atoms with Crippen molar-refractivity contribution in [3.8, 4) is 22.4 Å². The average Bonchev–Trinajstić information content (AvgIpc) is 2.84. The lowest BCUT2D eigenvalue weighted by Gasteiger charge is -2.08. The van der Waals surface area contributed by atoms with Crippen LogP contribution in [0.15, 0.2) is 42.5 Å². The molecule has 106 valence electrons. The van der Waals surface area contributed by atoms with E-state index in [1.807, 2.05) is 38.1 Å². The highest BCUT2D eigenvalue weighted by Crippen LogP contribution is 2.36. The van der Waals surface area contributed by atoms with E-state index in [2.05, 4.69) is 10.2 Å². The number of nitrogens with one attached hydrogen (secondary N) is 1. The summed E-state index contributed by atoms with van der Waals surface area (Å²) in [4.78, 5) is 0. The SMILES string of the molecule is Cc1ccc(-c2c(N)n[nH]c2-c2cc(F)ccc2C)cc1. The Kier molecular flexibility index (Phi) is 3.22. The molecule has 0 aliphatic heterocycles. The molecule has 21 heavy (non-hydrogen) atoms.